The summed E-state index contributed by atoms with van der Waals surface area (Å²) < 4.78 is 11.2. The molecule has 1 aliphatic rings. The summed E-state index contributed by atoms with van der Waals surface area (Å²) in [5.74, 6) is 0.593. The minimum Gasteiger partial charge on any atom is -0.381 e. The largest absolute Gasteiger partial charge is 0.381 e. The molecular formula is C20H33IN4O3. The van der Waals surface area contributed by atoms with Crippen LogP contribution in [0.1, 0.15) is 18.4 Å². The molecule has 1 saturated heterocycles. The number of benzene rings is 1. The van der Waals surface area contributed by atoms with Crippen LogP contribution >= 0.6 is 24.0 Å². The van der Waals surface area contributed by atoms with E-state index in [2.05, 4.69) is 27.8 Å². The van der Waals surface area contributed by atoms with Gasteiger partial charge in [-0.15, -0.1) is 24.0 Å². The molecule has 0 radical (unpaired) electrons. The predicted octanol–water partition coefficient (Wildman–Crippen LogP) is 1.67. The molecule has 1 aromatic rings. The van der Waals surface area contributed by atoms with Crippen molar-refractivity contribution in [3.63, 3.8) is 0 Å². The molecule has 2 rings (SSSR count). The molecule has 0 spiro atoms. The van der Waals surface area contributed by atoms with Crippen LogP contribution in [0.2, 0.25) is 0 Å². The van der Waals surface area contributed by atoms with E-state index in [1.807, 2.05) is 18.2 Å². The van der Waals surface area contributed by atoms with Gasteiger partial charge in [-0.3, -0.25) is 4.79 Å². The van der Waals surface area contributed by atoms with Gasteiger partial charge in [0, 0.05) is 60.4 Å². The molecule has 1 amide bonds. The summed E-state index contributed by atoms with van der Waals surface area (Å²) in [4.78, 5) is 17.9. The number of guanidine groups is 1. The van der Waals surface area contributed by atoms with Crippen LogP contribution < -0.4 is 10.6 Å². The minimum atomic E-state index is -0.258. The topological polar surface area (TPSA) is 75.2 Å². The van der Waals surface area contributed by atoms with E-state index < -0.39 is 0 Å². The number of nitrogens with zero attached hydrogens (tertiary/aromatic N) is 2. The number of likely N-dealkylation sites (N-methyl/N-ethyl adjacent to an activating group) is 1. The lowest BCUT2D eigenvalue weighted by atomic mass is 9.94. The first-order valence-corrected chi connectivity index (χ1v) is 9.44. The lowest BCUT2D eigenvalue weighted by Crippen LogP contribution is -2.51. The Morgan fingerprint density at radius 1 is 1.21 bits per heavy atom. The minimum absolute atomic E-state index is 0. The maximum atomic E-state index is 11.9. The van der Waals surface area contributed by atoms with Gasteiger partial charge in [-0.2, -0.15) is 0 Å². The fraction of sp³-hybridized carbons (Fsp3) is 0.600. The Hall–Kier alpha value is -1.39. The lowest BCUT2D eigenvalue weighted by Gasteiger charge is -2.36. The van der Waals surface area contributed by atoms with E-state index in [0.29, 0.717) is 25.7 Å². The number of aliphatic imine (C=N–C) groups is 1. The molecule has 2 N–H and O–H groups in total. The smallest absolute Gasteiger partial charge is 0.243 e. The fourth-order valence-corrected chi connectivity index (χ4v) is 2.87. The second-order valence-electron chi connectivity index (χ2n) is 6.97. The Morgan fingerprint density at radius 2 is 1.89 bits per heavy atom. The number of ether oxygens (including phenoxy) is 2. The van der Waals surface area contributed by atoms with E-state index in [1.165, 1.54) is 5.56 Å². The maximum Gasteiger partial charge on any atom is 0.243 e. The summed E-state index contributed by atoms with van der Waals surface area (Å²) in [7, 11) is 5.20. The Bertz CT molecular complexity index is 605. The molecule has 7 nitrogen and oxygen atoms in total. The van der Waals surface area contributed by atoms with Crippen LogP contribution in [0.5, 0.6) is 0 Å². The highest BCUT2D eigenvalue weighted by atomic mass is 127. The molecular weight excluding hydrogens is 471 g/mol. The third-order valence-electron chi connectivity index (χ3n) is 4.84. The summed E-state index contributed by atoms with van der Waals surface area (Å²) in [5.41, 5.74) is 0.998. The summed E-state index contributed by atoms with van der Waals surface area (Å²) in [6.07, 6.45) is 2.56. The van der Waals surface area contributed by atoms with Crippen LogP contribution in [0.3, 0.4) is 0 Å². The van der Waals surface area contributed by atoms with Crippen molar-refractivity contribution in [2.45, 2.75) is 24.9 Å². The van der Waals surface area contributed by atoms with Crippen LogP contribution in [0.15, 0.2) is 35.3 Å². The number of halogens is 1. The first-order valence-electron chi connectivity index (χ1n) is 9.44. The Morgan fingerprint density at radius 3 is 2.50 bits per heavy atom. The molecule has 28 heavy (non-hydrogen) atoms. The number of carbonyl (C=O) groups is 1. The monoisotopic (exact) mass is 504 g/mol. The van der Waals surface area contributed by atoms with Gasteiger partial charge in [0.05, 0.1) is 5.60 Å². The van der Waals surface area contributed by atoms with E-state index in [1.54, 1.807) is 26.1 Å². The summed E-state index contributed by atoms with van der Waals surface area (Å²) in [5, 5.41) is 6.67. The first kappa shape index (κ1) is 24.6. The number of hydrogen-bond acceptors (Lipinski definition) is 4. The van der Waals surface area contributed by atoms with E-state index >= 15 is 0 Å². The zero-order chi connectivity index (χ0) is 19.5. The molecule has 0 aromatic heterocycles. The first-order chi connectivity index (χ1) is 13.0. The second kappa shape index (κ2) is 12.9. The second-order valence-corrected chi connectivity index (χ2v) is 6.97. The molecule has 0 saturated carbocycles. The van der Waals surface area contributed by atoms with E-state index in [4.69, 9.17) is 9.47 Å². The molecule has 0 aliphatic carbocycles. The highest BCUT2D eigenvalue weighted by Crippen LogP contribution is 2.23. The Kier molecular flexibility index (Phi) is 11.4. The quantitative estimate of drug-likeness (QED) is 0.320. The predicted molar refractivity (Wildman–Crippen MR) is 122 cm³/mol. The molecule has 1 heterocycles. The highest BCUT2D eigenvalue weighted by Gasteiger charge is 2.32. The van der Waals surface area contributed by atoms with Gasteiger partial charge < -0.3 is 25.0 Å². The lowest BCUT2D eigenvalue weighted by molar-refractivity contribution is -0.127. The normalized spacial score (nSPS) is 16.0. The molecule has 0 atom stereocenters. The average molecular weight is 504 g/mol. The fourth-order valence-electron chi connectivity index (χ4n) is 2.87. The van der Waals surface area contributed by atoms with Gasteiger partial charge in [0.25, 0.3) is 0 Å². The van der Waals surface area contributed by atoms with Gasteiger partial charge in [0.2, 0.25) is 5.91 Å². The van der Waals surface area contributed by atoms with E-state index in [-0.39, 0.29) is 42.0 Å². The molecule has 0 unspecified atom stereocenters. The van der Waals surface area contributed by atoms with Crippen LogP contribution in [0, 0.1) is 0 Å². The van der Waals surface area contributed by atoms with Crippen molar-refractivity contribution in [1.29, 1.82) is 0 Å². The van der Waals surface area contributed by atoms with Crippen molar-refractivity contribution in [2.75, 3.05) is 54.1 Å². The van der Waals surface area contributed by atoms with Crippen molar-refractivity contribution in [3.05, 3.63) is 35.9 Å². The summed E-state index contributed by atoms with van der Waals surface area (Å²) in [6.45, 7) is 2.86. The molecule has 1 aliphatic heterocycles. The SMILES string of the molecule is COC1(CNC(=NCC(=O)N(C)C)NCCc2ccccc2)CCOCC1.I. The number of hydrogen-bond donors (Lipinski definition) is 2. The van der Waals surface area contributed by atoms with Gasteiger partial charge >= 0.3 is 0 Å². The van der Waals surface area contributed by atoms with Crippen LogP contribution in [0.25, 0.3) is 0 Å². The standard InChI is InChI=1S/C20H32N4O3.HI/c1-24(2)18(25)15-22-19(21-12-9-17-7-5-4-6-8-17)23-16-20(26-3)10-13-27-14-11-20;/h4-8H,9-16H2,1-3H3,(H2,21,22,23);1H. The Labute approximate surface area is 185 Å². The van der Waals surface area contributed by atoms with Crippen LogP contribution in [0.4, 0.5) is 0 Å². The zero-order valence-electron chi connectivity index (χ0n) is 17.1. The summed E-state index contributed by atoms with van der Waals surface area (Å²) >= 11 is 0. The van der Waals surface area contributed by atoms with Crippen molar-refractivity contribution >= 4 is 35.8 Å². The van der Waals surface area contributed by atoms with Crippen molar-refractivity contribution < 1.29 is 14.3 Å². The van der Waals surface area contributed by atoms with Crippen molar-refractivity contribution in [2.24, 2.45) is 4.99 Å². The van der Waals surface area contributed by atoms with E-state index in [9.17, 15) is 4.79 Å². The van der Waals surface area contributed by atoms with Gasteiger partial charge in [0.15, 0.2) is 5.96 Å². The van der Waals surface area contributed by atoms with E-state index in [0.717, 1.165) is 25.8 Å². The third kappa shape index (κ3) is 8.32. The maximum absolute atomic E-state index is 11.9. The Balaban J connectivity index is 0.00000392. The molecule has 1 aromatic carbocycles. The molecule has 8 heteroatoms. The van der Waals surface area contributed by atoms with Gasteiger partial charge in [-0.1, -0.05) is 30.3 Å². The number of rotatable bonds is 8. The number of carbonyl (C=O) groups excluding carboxylic acids is 1. The van der Waals surface area contributed by atoms with Gasteiger partial charge in [-0.25, -0.2) is 4.99 Å². The average Bonchev–Trinajstić information content (AvgIpc) is 2.70. The highest BCUT2D eigenvalue weighted by molar-refractivity contribution is 14.0. The van der Waals surface area contributed by atoms with Crippen molar-refractivity contribution in [3.8, 4) is 0 Å². The summed E-state index contributed by atoms with van der Waals surface area (Å²) in [6, 6.07) is 10.3. The molecule has 158 valence electrons. The van der Waals surface area contributed by atoms with Gasteiger partial charge in [-0.05, 0) is 12.0 Å². The number of amides is 1. The third-order valence-corrected chi connectivity index (χ3v) is 4.84. The molecule has 1 fully saturated rings. The van der Waals surface area contributed by atoms with Crippen LogP contribution in [-0.4, -0.2) is 76.4 Å². The number of methoxy groups -OCH3 is 1. The van der Waals surface area contributed by atoms with Crippen molar-refractivity contribution in [1.82, 2.24) is 15.5 Å². The zero-order valence-corrected chi connectivity index (χ0v) is 19.4. The van der Waals surface area contributed by atoms with Crippen LogP contribution in [-0.2, 0) is 20.7 Å². The number of nitrogens with one attached hydrogen (secondary N) is 2. The molecule has 0 bridgehead atoms. The van der Waals surface area contributed by atoms with Gasteiger partial charge in [0.1, 0.15) is 6.54 Å².